The first-order chi connectivity index (χ1) is 11.2. The van der Waals surface area contributed by atoms with E-state index >= 15 is 0 Å². The Balaban J connectivity index is 1.61. The fraction of sp³-hybridized carbons (Fsp3) is 0.158. The standard InChI is InChI=1S/C19H19N3O/c1-15(17-8-4-2-5-9-17)21-19(23)12-16-13-20-22(14-16)18-10-6-3-7-11-18/h2-11,13-15H,12H2,1H3,(H,21,23)/t15-/m0/s1. The Kier molecular flexibility index (Phi) is 4.52. The first kappa shape index (κ1) is 15.0. The molecule has 0 aliphatic heterocycles. The van der Waals surface area contributed by atoms with Crippen molar-refractivity contribution in [1.82, 2.24) is 15.1 Å². The fourth-order valence-corrected chi connectivity index (χ4v) is 2.48. The molecule has 1 aromatic heterocycles. The van der Waals surface area contributed by atoms with E-state index in [-0.39, 0.29) is 11.9 Å². The van der Waals surface area contributed by atoms with Gasteiger partial charge in [-0.3, -0.25) is 4.79 Å². The van der Waals surface area contributed by atoms with Crippen molar-refractivity contribution >= 4 is 5.91 Å². The van der Waals surface area contributed by atoms with E-state index < -0.39 is 0 Å². The van der Waals surface area contributed by atoms with E-state index in [0.29, 0.717) is 6.42 Å². The highest BCUT2D eigenvalue weighted by Crippen LogP contribution is 2.12. The molecule has 4 nitrogen and oxygen atoms in total. The summed E-state index contributed by atoms with van der Waals surface area (Å²) in [7, 11) is 0. The van der Waals surface area contributed by atoms with Gasteiger partial charge in [0, 0.05) is 6.20 Å². The SMILES string of the molecule is C[C@H](NC(=O)Cc1cnn(-c2ccccc2)c1)c1ccccc1. The van der Waals surface area contributed by atoms with Gasteiger partial charge in [0.1, 0.15) is 0 Å². The zero-order valence-corrected chi connectivity index (χ0v) is 13.0. The van der Waals surface area contributed by atoms with E-state index in [4.69, 9.17) is 0 Å². The molecule has 1 amide bonds. The van der Waals surface area contributed by atoms with Crippen LogP contribution in [0.3, 0.4) is 0 Å². The van der Waals surface area contributed by atoms with Crippen molar-refractivity contribution in [2.75, 3.05) is 0 Å². The first-order valence-electron chi connectivity index (χ1n) is 7.65. The lowest BCUT2D eigenvalue weighted by molar-refractivity contribution is -0.121. The largest absolute Gasteiger partial charge is 0.349 e. The van der Waals surface area contributed by atoms with Gasteiger partial charge in [-0.15, -0.1) is 0 Å². The van der Waals surface area contributed by atoms with Gasteiger partial charge in [-0.25, -0.2) is 4.68 Å². The Labute approximate surface area is 135 Å². The van der Waals surface area contributed by atoms with Gasteiger partial charge in [0.05, 0.1) is 24.3 Å². The third kappa shape index (κ3) is 3.86. The van der Waals surface area contributed by atoms with Crippen molar-refractivity contribution in [2.24, 2.45) is 0 Å². The number of nitrogens with zero attached hydrogens (tertiary/aromatic N) is 2. The predicted molar refractivity (Wildman–Crippen MR) is 90.3 cm³/mol. The topological polar surface area (TPSA) is 46.9 Å². The Hall–Kier alpha value is -2.88. The summed E-state index contributed by atoms with van der Waals surface area (Å²) in [6.07, 6.45) is 3.95. The van der Waals surface area contributed by atoms with E-state index in [9.17, 15) is 4.79 Å². The van der Waals surface area contributed by atoms with E-state index in [1.807, 2.05) is 73.8 Å². The van der Waals surface area contributed by atoms with Crippen molar-refractivity contribution in [2.45, 2.75) is 19.4 Å². The average molecular weight is 305 g/mol. The smallest absolute Gasteiger partial charge is 0.225 e. The van der Waals surface area contributed by atoms with Crippen LogP contribution in [0.15, 0.2) is 73.1 Å². The summed E-state index contributed by atoms with van der Waals surface area (Å²) < 4.78 is 1.78. The zero-order chi connectivity index (χ0) is 16.1. The van der Waals surface area contributed by atoms with Gasteiger partial charge in [-0.2, -0.15) is 5.10 Å². The molecular formula is C19H19N3O. The van der Waals surface area contributed by atoms with Gasteiger partial charge in [-0.05, 0) is 30.2 Å². The second-order valence-electron chi connectivity index (χ2n) is 5.51. The summed E-state index contributed by atoms with van der Waals surface area (Å²) in [4.78, 5) is 12.2. The minimum Gasteiger partial charge on any atom is -0.349 e. The van der Waals surface area contributed by atoms with Crippen LogP contribution in [-0.2, 0) is 11.2 Å². The zero-order valence-electron chi connectivity index (χ0n) is 13.0. The third-order valence-electron chi connectivity index (χ3n) is 3.70. The Morgan fingerprint density at radius 3 is 2.43 bits per heavy atom. The molecule has 3 rings (SSSR count). The summed E-state index contributed by atoms with van der Waals surface area (Å²) in [5.41, 5.74) is 2.98. The van der Waals surface area contributed by atoms with Crippen LogP contribution in [0.25, 0.3) is 5.69 Å². The fourth-order valence-electron chi connectivity index (χ4n) is 2.48. The molecule has 4 heteroatoms. The van der Waals surface area contributed by atoms with Crippen molar-refractivity contribution in [1.29, 1.82) is 0 Å². The predicted octanol–water partition coefficient (Wildman–Crippen LogP) is 3.29. The summed E-state index contributed by atoms with van der Waals surface area (Å²) >= 11 is 0. The number of aromatic nitrogens is 2. The number of rotatable bonds is 5. The molecule has 0 aliphatic carbocycles. The van der Waals surface area contributed by atoms with Gasteiger partial charge in [0.25, 0.3) is 0 Å². The van der Waals surface area contributed by atoms with E-state index in [1.165, 1.54) is 0 Å². The van der Waals surface area contributed by atoms with E-state index in [0.717, 1.165) is 16.8 Å². The maximum Gasteiger partial charge on any atom is 0.225 e. The molecule has 1 heterocycles. The van der Waals surface area contributed by atoms with Crippen LogP contribution in [0, 0.1) is 0 Å². The lowest BCUT2D eigenvalue weighted by Crippen LogP contribution is -2.27. The highest BCUT2D eigenvalue weighted by atomic mass is 16.1. The van der Waals surface area contributed by atoms with Crippen molar-refractivity contribution in [3.05, 3.63) is 84.2 Å². The Morgan fingerprint density at radius 2 is 1.74 bits per heavy atom. The van der Waals surface area contributed by atoms with Gasteiger partial charge in [0.2, 0.25) is 5.91 Å². The number of para-hydroxylation sites is 1. The molecule has 0 bridgehead atoms. The number of carbonyl (C=O) groups excluding carboxylic acids is 1. The van der Waals surface area contributed by atoms with Crippen LogP contribution >= 0.6 is 0 Å². The van der Waals surface area contributed by atoms with Gasteiger partial charge < -0.3 is 5.32 Å². The molecule has 3 aromatic rings. The normalized spacial score (nSPS) is 11.9. The summed E-state index contributed by atoms with van der Waals surface area (Å²) in [6.45, 7) is 1.99. The summed E-state index contributed by atoms with van der Waals surface area (Å²) in [5.74, 6) is -0.00559. The molecule has 116 valence electrons. The molecule has 0 radical (unpaired) electrons. The maximum absolute atomic E-state index is 12.2. The molecule has 23 heavy (non-hydrogen) atoms. The second kappa shape index (κ2) is 6.92. The quantitative estimate of drug-likeness (QED) is 0.786. The second-order valence-corrected chi connectivity index (χ2v) is 5.51. The summed E-state index contributed by atoms with van der Waals surface area (Å²) in [5, 5.41) is 7.33. The van der Waals surface area contributed by atoms with Crippen molar-refractivity contribution in [3.8, 4) is 5.69 Å². The molecule has 1 N–H and O–H groups in total. The number of nitrogens with one attached hydrogen (secondary N) is 1. The first-order valence-corrected chi connectivity index (χ1v) is 7.65. The number of benzene rings is 2. The highest BCUT2D eigenvalue weighted by molar-refractivity contribution is 5.78. The molecule has 0 spiro atoms. The highest BCUT2D eigenvalue weighted by Gasteiger charge is 2.11. The molecule has 0 saturated carbocycles. The molecule has 0 aliphatic rings. The number of carbonyl (C=O) groups is 1. The van der Waals surface area contributed by atoms with Gasteiger partial charge in [0.15, 0.2) is 0 Å². The molecule has 0 saturated heterocycles. The third-order valence-corrected chi connectivity index (χ3v) is 3.70. The van der Waals surface area contributed by atoms with Crippen LogP contribution < -0.4 is 5.32 Å². The Bertz CT molecular complexity index is 766. The minimum atomic E-state index is -0.00660. The van der Waals surface area contributed by atoms with E-state index in [1.54, 1.807) is 10.9 Å². The van der Waals surface area contributed by atoms with Gasteiger partial charge >= 0.3 is 0 Å². The van der Waals surface area contributed by atoms with Crippen LogP contribution in [-0.4, -0.2) is 15.7 Å². The molecular weight excluding hydrogens is 286 g/mol. The number of hydrogen-bond donors (Lipinski definition) is 1. The molecule has 0 fully saturated rings. The van der Waals surface area contributed by atoms with Crippen LogP contribution in [0.1, 0.15) is 24.1 Å². The van der Waals surface area contributed by atoms with E-state index in [2.05, 4.69) is 10.4 Å². The van der Waals surface area contributed by atoms with Gasteiger partial charge in [-0.1, -0.05) is 48.5 Å². The van der Waals surface area contributed by atoms with Crippen molar-refractivity contribution in [3.63, 3.8) is 0 Å². The monoisotopic (exact) mass is 305 g/mol. The average Bonchev–Trinajstić information content (AvgIpc) is 3.04. The minimum absolute atomic E-state index is 0.00559. The lowest BCUT2D eigenvalue weighted by Gasteiger charge is -2.13. The number of hydrogen-bond acceptors (Lipinski definition) is 2. The Morgan fingerprint density at radius 1 is 1.09 bits per heavy atom. The number of amides is 1. The summed E-state index contributed by atoms with van der Waals surface area (Å²) in [6, 6.07) is 19.8. The molecule has 2 aromatic carbocycles. The van der Waals surface area contributed by atoms with Crippen LogP contribution in [0.4, 0.5) is 0 Å². The molecule has 1 atom stereocenters. The maximum atomic E-state index is 12.2. The van der Waals surface area contributed by atoms with Crippen molar-refractivity contribution < 1.29 is 4.79 Å². The molecule has 0 unspecified atom stereocenters. The van der Waals surface area contributed by atoms with Crippen LogP contribution in [0.2, 0.25) is 0 Å². The lowest BCUT2D eigenvalue weighted by atomic mass is 10.1. The van der Waals surface area contributed by atoms with Crippen LogP contribution in [0.5, 0.6) is 0 Å².